The van der Waals surface area contributed by atoms with Crippen LogP contribution >= 0.6 is 7.37 Å². The molecule has 3 rings (SSSR count). The van der Waals surface area contributed by atoms with Crippen molar-refractivity contribution in [3.8, 4) is 5.75 Å². The second kappa shape index (κ2) is 7.84. The number of rotatable bonds is 4. The van der Waals surface area contributed by atoms with Gasteiger partial charge in [0.15, 0.2) is 0 Å². The van der Waals surface area contributed by atoms with Crippen LogP contribution in [0.15, 0.2) is 78.9 Å². The maximum Gasteiger partial charge on any atom is 0.306 e. The number of hydrogen-bond donors (Lipinski definition) is 0. The molecule has 0 unspecified atom stereocenters. The van der Waals surface area contributed by atoms with Gasteiger partial charge < -0.3 is 4.52 Å². The Morgan fingerprint density at radius 2 is 1.10 bits per heavy atom. The Bertz CT molecular complexity index is 967. The molecule has 0 atom stereocenters. The highest BCUT2D eigenvalue weighted by Crippen LogP contribution is 2.49. The Kier molecular flexibility index (Phi) is 5.79. The van der Waals surface area contributed by atoms with Crippen molar-refractivity contribution in [2.24, 2.45) is 0 Å². The summed E-state index contributed by atoms with van der Waals surface area (Å²) < 4.78 is 20.9. The van der Waals surface area contributed by atoms with E-state index in [0.29, 0.717) is 16.4 Å². The minimum absolute atomic E-state index is 0.0501. The highest BCUT2D eigenvalue weighted by Gasteiger charge is 2.34. The van der Waals surface area contributed by atoms with Gasteiger partial charge in [-0.1, -0.05) is 90.1 Å². The van der Waals surface area contributed by atoms with Gasteiger partial charge in [-0.2, -0.15) is 0 Å². The van der Waals surface area contributed by atoms with Crippen LogP contribution in [0.1, 0.15) is 52.7 Å². The molecule has 0 saturated carbocycles. The lowest BCUT2D eigenvalue weighted by molar-refractivity contribution is 0.472. The van der Waals surface area contributed by atoms with Crippen LogP contribution in [-0.2, 0) is 15.4 Å². The highest BCUT2D eigenvalue weighted by atomic mass is 31.2. The van der Waals surface area contributed by atoms with Gasteiger partial charge in [0.1, 0.15) is 5.75 Å². The molecule has 0 saturated heterocycles. The van der Waals surface area contributed by atoms with Crippen molar-refractivity contribution in [1.82, 2.24) is 0 Å². The van der Waals surface area contributed by atoms with Gasteiger partial charge in [-0.15, -0.1) is 0 Å². The van der Waals surface area contributed by atoms with E-state index in [1.165, 1.54) is 5.56 Å². The second-order valence-electron chi connectivity index (χ2n) is 9.49. The van der Waals surface area contributed by atoms with E-state index < -0.39 is 7.37 Å². The third kappa shape index (κ3) is 4.49. The van der Waals surface area contributed by atoms with E-state index in [1.54, 1.807) is 0 Å². The third-order valence-electron chi connectivity index (χ3n) is 5.00. The predicted molar refractivity (Wildman–Crippen MR) is 124 cm³/mol. The minimum atomic E-state index is -3.31. The van der Waals surface area contributed by atoms with Crippen molar-refractivity contribution in [2.75, 3.05) is 0 Å². The van der Waals surface area contributed by atoms with E-state index in [2.05, 4.69) is 47.6 Å². The Morgan fingerprint density at radius 3 is 1.52 bits per heavy atom. The molecule has 152 valence electrons. The van der Waals surface area contributed by atoms with Gasteiger partial charge in [-0.25, -0.2) is 0 Å². The molecule has 0 aliphatic heterocycles. The molecule has 0 N–H and O–H groups in total. The molecule has 0 fully saturated rings. The van der Waals surface area contributed by atoms with E-state index in [4.69, 9.17) is 4.52 Å². The van der Waals surface area contributed by atoms with E-state index in [9.17, 15) is 4.57 Å². The first kappa shape index (κ1) is 21.4. The molecule has 0 spiro atoms. The fourth-order valence-electron chi connectivity index (χ4n) is 3.65. The van der Waals surface area contributed by atoms with Crippen LogP contribution in [0.5, 0.6) is 5.75 Å². The first-order chi connectivity index (χ1) is 13.5. The lowest BCUT2D eigenvalue weighted by Crippen LogP contribution is -2.25. The summed E-state index contributed by atoms with van der Waals surface area (Å²) in [5.74, 6) is 0.695. The predicted octanol–water partition coefficient (Wildman–Crippen LogP) is 6.59. The molecule has 3 aromatic carbocycles. The van der Waals surface area contributed by atoms with Crippen LogP contribution in [0.3, 0.4) is 0 Å². The Morgan fingerprint density at radius 1 is 0.621 bits per heavy atom. The zero-order valence-corrected chi connectivity index (χ0v) is 19.2. The molecule has 0 aromatic heterocycles. The van der Waals surface area contributed by atoms with Crippen LogP contribution in [0.25, 0.3) is 0 Å². The number of benzene rings is 3. The summed E-state index contributed by atoms with van der Waals surface area (Å²) in [4.78, 5) is 0. The largest absolute Gasteiger partial charge is 0.437 e. The molecule has 3 heteroatoms. The quantitative estimate of drug-likeness (QED) is 0.457. The molecule has 2 nitrogen and oxygen atoms in total. The molecule has 0 heterocycles. The van der Waals surface area contributed by atoms with E-state index in [-0.39, 0.29) is 10.8 Å². The molecule has 0 bridgehead atoms. The van der Waals surface area contributed by atoms with Gasteiger partial charge in [0.25, 0.3) is 0 Å². The smallest absolute Gasteiger partial charge is 0.306 e. The normalized spacial score (nSPS) is 12.6. The topological polar surface area (TPSA) is 26.3 Å². The zero-order chi connectivity index (χ0) is 21.3. The molecule has 29 heavy (non-hydrogen) atoms. The maximum atomic E-state index is 14.4. The molecule has 0 radical (unpaired) electrons. The summed E-state index contributed by atoms with van der Waals surface area (Å²) >= 11 is 0. The van der Waals surface area contributed by atoms with Gasteiger partial charge >= 0.3 is 7.37 Å². The second-order valence-corrected chi connectivity index (χ2v) is 11.8. The van der Waals surface area contributed by atoms with Gasteiger partial charge in [-0.3, -0.25) is 4.57 Å². The summed E-state index contributed by atoms with van der Waals surface area (Å²) in [6, 6.07) is 25.2. The fraction of sp³-hybridized carbons (Fsp3) is 0.308. The van der Waals surface area contributed by atoms with Crippen molar-refractivity contribution in [3.05, 3.63) is 90.0 Å². The van der Waals surface area contributed by atoms with Gasteiger partial charge in [-0.05, 0) is 46.7 Å². The minimum Gasteiger partial charge on any atom is -0.437 e. The van der Waals surface area contributed by atoms with Gasteiger partial charge in [0, 0.05) is 5.56 Å². The lowest BCUT2D eigenvalue weighted by Gasteiger charge is -2.33. The summed E-state index contributed by atoms with van der Waals surface area (Å²) in [6.07, 6.45) is 0. The highest BCUT2D eigenvalue weighted by molar-refractivity contribution is 7.74. The molecule has 0 aliphatic carbocycles. The van der Waals surface area contributed by atoms with Gasteiger partial charge in [0.05, 0.1) is 10.6 Å². The molecule has 0 aliphatic rings. The van der Waals surface area contributed by atoms with E-state index in [0.717, 1.165) is 5.56 Å². The van der Waals surface area contributed by atoms with Crippen LogP contribution in [0, 0.1) is 0 Å². The van der Waals surface area contributed by atoms with Gasteiger partial charge in [0.2, 0.25) is 0 Å². The van der Waals surface area contributed by atoms with Crippen LogP contribution < -0.4 is 15.1 Å². The fourth-order valence-corrected chi connectivity index (χ4v) is 5.71. The van der Waals surface area contributed by atoms with Crippen molar-refractivity contribution >= 4 is 18.0 Å². The van der Waals surface area contributed by atoms with Crippen molar-refractivity contribution in [3.63, 3.8) is 0 Å². The SMILES string of the molecule is CC(C)(C)c1cccc(OP(=O)(c2ccccc2)c2ccccc2)c1C(C)(C)C. The Balaban J connectivity index is 2.24. The Hall–Kier alpha value is -2.31. The van der Waals surface area contributed by atoms with Crippen LogP contribution in [0.2, 0.25) is 0 Å². The van der Waals surface area contributed by atoms with Crippen molar-refractivity contribution < 1.29 is 9.09 Å². The lowest BCUT2D eigenvalue weighted by atomic mass is 9.75. The maximum absolute atomic E-state index is 14.4. The first-order valence-electron chi connectivity index (χ1n) is 10.1. The molecule has 0 amide bonds. The number of hydrogen-bond acceptors (Lipinski definition) is 2. The average Bonchev–Trinajstić information content (AvgIpc) is 2.67. The summed E-state index contributed by atoms with van der Waals surface area (Å²) in [7, 11) is -3.31. The first-order valence-corrected chi connectivity index (χ1v) is 11.7. The summed E-state index contributed by atoms with van der Waals surface area (Å²) in [5.41, 5.74) is 2.12. The van der Waals surface area contributed by atoms with Crippen molar-refractivity contribution in [1.29, 1.82) is 0 Å². The summed E-state index contributed by atoms with van der Waals surface area (Å²) in [6.45, 7) is 13.2. The summed E-state index contributed by atoms with van der Waals surface area (Å²) in [5, 5.41) is 1.40. The Labute approximate surface area is 175 Å². The zero-order valence-electron chi connectivity index (χ0n) is 18.3. The molecular formula is C26H31O2P. The molecular weight excluding hydrogens is 375 g/mol. The standard InChI is InChI=1S/C26H31O2P/c1-25(2,3)22-18-13-19-23(24(22)26(4,5)6)28-29(27,20-14-9-7-10-15-20)21-16-11-8-12-17-21/h7-19H,1-6H3. The average molecular weight is 407 g/mol. The third-order valence-corrected chi connectivity index (χ3v) is 7.41. The monoisotopic (exact) mass is 406 g/mol. The van der Waals surface area contributed by atoms with Crippen LogP contribution in [0.4, 0.5) is 0 Å². The van der Waals surface area contributed by atoms with Crippen LogP contribution in [-0.4, -0.2) is 0 Å². The van der Waals surface area contributed by atoms with E-state index >= 15 is 0 Å². The molecule has 3 aromatic rings. The van der Waals surface area contributed by atoms with Crippen molar-refractivity contribution in [2.45, 2.75) is 52.4 Å². The van der Waals surface area contributed by atoms with E-state index in [1.807, 2.05) is 72.8 Å².